The molecule has 100 valence electrons. The lowest BCUT2D eigenvalue weighted by Gasteiger charge is -2.13. The van der Waals surface area contributed by atoms with Crippen molar-refractivity contribution in [3.8, 4) is 0 Å². The van der Waals surface area contributed by atoms with Gasteiger partial charge in [0.1, 0.15) is 0 Å². The molecule has 1 N–H and O–H groups in total. The Labute approximate surface area is 122 Å². The molecule has 0 aliphatic rings. The number of nitrogens with one attached hydrogen (secondary N) is 1. The summed E-state index contributed by atoms with van der Waals surface area (Å²) in [7, 11) is 0. The third kappa shape index (κ3) is 4.73. The minimum absolute atomic E-state index is 0.407. The van der Waals surface area contributed by atoms with Crippen molar-refractivity contribution in [1.82, 2.24) is 15.3 Å². The highest BCUT2D eigenvalue weighted by Gasteiger charge is 2.04. The minimum atomic E-state index is 0.407. The Morgan fingerprint density at radius 1 is 1.16 bits per heavy atom. The maximum Gasteiger partial charge on any atom is 0.0724 e. The van der Waals surface area contributed by atoms with E-state index >= 15 is 0 Å². The molecule has 2 rings (SSSR count). The third-order valence-electron chi connectivity index (χ3n) is 2.92. The van der Waals surface area contributed by atoms with Gasteiger partial charge in [-0.25, -0.2) is 0 Å². The SMILES string of the molecule is Cc1cnc(CNC(C)Cc2ccc(Br)cc2)cn1. The lowest BCUT2D eigenvalue weighted by molar-refractivity contribution is 0.539. The van der Waals surface area contributed by atoms with Gasteiger partial charge in [0, 0.05) is 29.5 Å². The molecular weight excluding hydrogens is 302 g/mol. The first-order valence-corrected chi connectivity index (χ1v) is 7.18. The zero-order chi connectivity index (χ0) is 13.7. The number of hydrogen-bond acceptors (Lipinski definition) is 3. The van der Waals surface area contributed by atoms with E-state index in [-0.39, 0.29) is 0 Å². The number of aryl methyl sites for hydroxylation is 1. The molecule has 1 atom stereocenters. The van der Waals surface area contributed by atoms with Crippen LogP contribution in [0.5, 0.6) is 0 Å². The van der Waals surface area contributed by atoms with E-state index < -0.39 is 0 Å². The molecule has 19 heavy (non-hydrogen) atoms. The Hall–Kier alpha value is -1.26. The number of rotatable bonds is 5. The minimum Gasteiger partial charge on any atom is -0.308 e. The highest BCUT2D eigenvalue weighted by atomic mass is 79.9. The van der Waals surface area contributed by atoms with E-state index in [4.69, 9.17) is 0 Å². The van der Waals surface area contributed by atoms with Crippen LogP contribution in [0.4, 0.5) is 0 Å². The van der Waals surface area contributed by atoms with E-state index in [1.807, 2.05) is 13.1 Å². The number of halogens is 1. The van der Waals surface area contributed by atoms with Gasteiger partial charge in [-0.2, -0.15) is 0 Å². The van der Waals surface area contributed by atoms with Gasteiger partial charge in [0.25, 0.3) is 0 Å². The second kappa shape index (κ2) is 6.78. The Morgan fingerprint density at radius 2 is 1.89 bits per heavy atom. The second-order valence-corrected chi connectivity index (χ2v) is 5.68. The summed E-state index contributed by atoms with van der Waals surface area (Å²) in [5.74, 6) is 0. The van der Waals surface area contributed by atoms with Crippen LogP contribution in [0.15, 0.2) is 41.1 Å². The van der Waals surface area contributed by atoms with Crippen molar-refractivity contribution in [1.29, 1.82) is 0 Å². The van der Waals surface area contributed by atoms with Crippen LogP contribution in [0.2, 0.25) is 0 Å². The van der Waals surface area contributed by atoms with Crippen LogP contribution < -0.4 is 5.32 Å². The molecule has 0 spiro atoms. The van der Waals surface area contributed by atoms with Crippen molar-refractivity contribution in [2.24, 2.45) is 0 Å². The van der Waals surface area contributed by atoms with Crippen LogP contribution in [0.25, 0.3) is 0 Å². The third-order valence-corrected chi connectivity index (χ3v) is 3.45. The number of benzene rings is 1. The molecule has 1 unspecified atom stereocenters. The molecule has 0 saturated heterocycles. The van der Waals surface area contributed by atoms with Gasteiger partial charge >= 0.3 is 0 Å². The number of aromatic nitrogens is 2. The maximum atomic E-state index is 4.34. The molecule has 0 bridgehead atoms. The molecule has 0 radical (unpaired) electrons. The van der Waals surface area contributed by atoms with E-state index in [1.54, 1.807) is 6.20 Å². The van der Waals surface area contributed by atoms with Crippen molar-refractivity contribution in [3.63, 3.8) is 0 Å². The van der Waals surface area contributed by atoms with Crippen molar-refractivity contribution < 1.29 is 0 Å². The predicted octanol–water partition coefficient (Wildman–Crippen LogP) is 3.27. The summed E-state index contributed by atoms with van der Waals surface area (Å²) in [5.41, 5.74) is 3.26. The largest absolute Gasteiger partial charge is 0.308 e. The van der Waals surface area contributed by atoms with Gasteiger partial charge in [-0.3, -0.25) is 9.97 Å². The van der Waals surface area contributed by atoms with Crippen LogP contribution >= 0.6 is 15.9 Å². The lowest BCUT2D eigenvalue weighted by Crippen LogP contribution is -2.28. The monoisotopic (exact) mass is 319 g/mol. The summed E-state index contributed by atoms with van der Waals surface area (Å²) in [4.78, 5) is 8.58. The van der Waals surface area contributed by atoms with Gasteiger partial charge in [0.05, 0.1) is 11.4 Å². The highest BCUT2D eigenvalue weighted by molar-refractivity contribution is 9.10. The molecule has 0 fully saturated rings. The fraction of sp³-hybridized carbons (Fsp3) is 0.333. The smallest absolute Gasteiger partial charge is 0.0724 e. The first kappa shape index (κ1) is 14.2. The van der Waals surface area contributed by atoms with E-state index in [9.17, 15) is 0 Å². The number of nitrogens with zero attached hydrogens (tertiary/aromatic N) is 2. The quantitative estimate of drug-likeness (QED) is 0.919. The van der Waals surface area contributed by atoms with Crippen LogP contribution in [-0.2, 0) is 13.0 Å². The van der Waals surface area contributed by atoms with Crippen molar-refractivity contribution >= 4 is 15.9 Å². The van der Waals surface area contributed by atoms with Crippen LogP contribution in [0, 0.1) is 6.92 Å². The van der Waals surface area contributed by atoms with Gasteiger partial charge < -0.3 is 5.32 Å². The van der Waals surface area contributed by atoms with E-state index in [1.165, 1.54) is 5.56 Å². The van der Waals surface area contributed by atoms with Gasteiger partial charge in [-0.1, -0.05) is 28.1 Å². The molecule has 3 nitrogen and oxygen atoms in total. The molecule has 0 amide bonds. The summed E-state index contributed by atoms with van der Waals surface area (Å²) in [6.07, 6.45) is 4.64. The van der Waals surface area contributed by atoms with Crippen molar-refractivity contribution in [3.05, 3.63) is 58.1 Å². The normalized spacial score (nSPS) is 12.4. The van der Waals surface area contributed by atoms with E-state index in [0.717, 1.165) is 28.8 Å². The van der Waals surface area contributed by atoms with Gasteiger partial charge in [0.2, 0.25) is 0 Å². The van der Waals surface area contributed by atoms with Crippen molar-refractivity contribution in [2.45, 2.75) is 32.9 Å². The van der Waals surface area contributed by atoms with Crippen LogP contribution in [-0.4, -0.2) is 16.0 Å². The van der Waals surface area contributed by atoms with Crippen molar-refractivity contribution in [2.75, 3.05) is 0 Å². The summed E-state index contributed by atoms with van der Waals surface area (Å²) in [6, 6.07) is 8.85. The predicted molar refractivity (Wildman–Crippen MR) is 80.9 cm³/mol. The Bertz CT molecular complexity index is 508. The van der Waals surface area contributed by atoms with E-state index in [0.29, 0.717) is 6.04 Å². The summed E-state index contributed by atoms with van der Waals surface area (Å²) < 4.78 is 1.12. The van der Waals surface area contributed by atoms with Crippen LogP contribution in [0.3, 0.4) is 0 Å². The van der Waals surface area contributed by atoms with E-state index in [2.05, 4.69) is 62.4 Å². The lowest BCUT2D eigenvalue weighted by atomic mass is 10.1. The average Bonchev–Trinajstić information content (AvgIpc) is 2.41. The molecule has 4 heteroatoms. The fourth-order valence-electron chi connectivity index (χ4n) is 1.84. The molecular formula is C15H18BrN3. The zero-order valence-electron chi connectivity index (χ0n) is 11.2. The molecule has 1 aromatic heterocycles. The Kier molecular flexibility index (Phi) is 5.05. The van der Waals surface area contributed by atoms with Gasteiger partial charge in [-0.05, 0) is 38.0 Å². The van der Waals surface area contributed by atoms with Gasteiger partial charge in [0.15, 0.2) is 0 Å². The average molecular weight is 320 g/mol. The maximum absolute atomic E-state index is 4.34. The molecule has 1 heterocycles. The standard InChI is InChI=1S/C15H18BrN3/c1-11(7-13-3-5-14(16)6-4-13)17-9-15-10-18-12(2)8-19-15/h3-6,8,10-11,17H,7,9H2,1-2H3. The summed E-state index contributed by atoms with van der Waals surface area (Å²) in [5, 5.41) is 3.47. The van der Waals surface area contributed by atoms with Crippen LogP contribution in [0.1, 0.15) is 23.9 Å². The molecule has 0 aliphatic heterocycles. The Balaban J connectivity index is 1.82. The second-order valence-electron chi connectivity index (χ2n) is 4.76. The zero-order valence-corrected chi connectivity index (χ0v) is 12.8. The molecule has 2 aromatic rings. The summed E-state index contributed by atoms with van der Waals surface area (Å²) >= 11 is 3.45. The first-order valence-electron chi connectivity index (χ1n) is 6.39. The first-order chi connectivity index (χ1) is 9.13. The molecule has 1 aromatic carbocycles. The molecule has 0 saturated carbocycles. The number of hydrogen-bond donors (Lipinski definition) is 1. The molecule has 0 aliphatic carbocycles. The fourth-order valence-corrected chi connectivity index (χ4v) is 2.10. The highest BCUT2D eigenvalue weighted by Crippen LogP contribution is 2.12. The Morgan fingerprint density at radius 3 is 2.53 bits per heavy atom. The van der Waals surface area contributed by atoms with Gasteiger partial charge in [-0.15, -0.1) is 0 Å². The summed E-state index contributed by atoms with van der Waals surface area (Å²) in [6.45, 7) is 4.88. The topological polar surface area (TPSA) is 37.8 Å².